The number of carbonyl (C=O) groups is 3. The number of thioether (sulfide) groups is 1. The van der Waals surface area contributed by atoms with Crippen molar-refractivity contribution >= 4 is 46.9 Å². The predicted molar refractivity (Wildman–Crippen MR) is 173 cm³/mol. The first-order chi connectivity index (χ1) is 20.2. The van der Waals surface area contributed by atoms with Gasteiger partial charge >= 0.3 is 0 Å². The molecule has 0 heterocycles. The van der Waals surface area contributed by atoms with E-state index in [1.165, 1.54) is 17.3 Å². The van der Waals surface area contributed by atoms with Gasteiger partial charge in [-0.05, 0) is 85.0 Å². The second-order valence-corrected chi connectivity index (χ2v) is 11.7. The first kappa shape index (κ1) is 30.3. The summed E-state index contributed by atoms with van der Waals surface area (Å²) in [6.07, 6.45) is 1.67. The average Bonchev–Trinajstić information content (AvgIpc) is 2.98. The third-order valence-corrected chi connectivity index (χ3v) is 7.73. The number of nitrogens with one attached hydrogen (secondary N) is 3. The van der Waals surface area contributed by atoms with Gasteiger partial charge < -0.3 is 16.0 Å². The summed E-state index contributed by atoms with van der Waals surface area (Å²) in [4.78, 5) is 40.1. The van der Waals surface area contributed by atoms with Crippen LogP contribution in [0.2, 0.25) is 0 Å². The summed E-state index contributed by atoms with van der Waals surface area (Å²) in [7, 11) is 0. The molecule has 0 spiro atoms. The smallest absolute Gasteiger partial charge is 0.272 e. The van der Waals surface area contributed by atoms with Crippen LogP contribution >= 0.6 is 11.8 Å². The summed E-state index contributed by atoms with van der Waals surface area (Å²) in [6.45, 7) is 8.05. The van der Waals surface area contributed by atoms with Crippen molar-refractivity contribution in [2.75, 3.05) is 10.6 Å². The van der Waals surface area contributed by atoms with E-state index in [1.54, 1.807) is 36.4 Å². The van der Waals surface area contributed by atoms with Crippen molar-refractivity contribution in [1.82, 2.24) is 5.32 Å². The highest BCUT2D eigenvalue weighted by atomic mass is 32.2. The zero-order chi connectivity index (χ0) is 30.1. The molecule has 0 saturated carbocycles. The normalized spacial score (nSPS) is 12.0. The van der Waals surface area contributed by atoms with Crippen LogP contribution < -0.4 is 16.0 Å². The van der Waals surface area contributed by atoms with E-state index in [0.717, 1.165) is 21.7 Å². The van der Waals surface area contributed by atoms with Crippen LogP contribution in [0, 0.1) is 6.92 Å². The molecule has 1 atom stereocenters. The van der Waals surface area contributed by atoms with Crippen molar-refractivity contribution in [3.63, 3.8) is 0 Å². The lowest BCUT2D eigenvalue weighted by Crippen LogP contribution is -2.30. The monoisotopic (exact) mass is 577 g/mol. The Hall–Kier alpha value is -4.62. The molecule has 0 fully saturated rings. The minimum Gasteiger partial charge on any atom is -0.325 e. The minimum atomic E-state index is -0.458. The molecule has 0 aliphatic rings. The highest BCUT2D eigenvalue weighted by Gasteiger charge is 2.18. The molecule has 7 heteroatoms. The molecule has 3 amide bonds. The molecule has 42 heavy (non-hydrogen) atoms. The first-order valence-corrected chi connectivity index (χ1v) is 14.7. The maximum atomic E-state index is 13.4. The van der Waals surface area contributed by atoms with Gasteiger partial charge in [0.15, 0.2) is 0 Å². The Bertz CT molecular complexity index is 1580. The molecule has 0 radical (unpaired) electrons. The van der Waals surface area contributed by atoms with Gasteiger partial charge in [0.2, 0.25) is 5.91 Å². The van der Waals surface area contributed by atoms with E-state index in [2.05, 4.69) is 29.8 Å². The molecular formula is C35H35N3O3S. The zero-order valence-electron chi connectivity index (χ0n) is 24.2. The lowest BCUT2D eigenvalue weighted by Gasteiger charge is -2.15. The van der Waals surface area contributed by atoms with Crippen molar-refractivity contribution in [1.29, 1.82) is 0 Å². The third kappa shape index (κ3) is 8.44. The molecular weight excluding hydrogens is 542 g/mol. The average molecular weight is 578 g/mol. The van der Waals surface area contributed by atoms with E-state index in [0.29, 0.717) is 17.2 Å². The molecule has 0 bridgehead atoms. The van der Waals surface area contributed by atoms with E-state index < -0.39 is 5.91 Å². The number of benzene rings is 4. The molecule has 214 valence electrons. The van der Waals surface area contributed by atoms with Crippen molar-refractivity contribution in [3.05, 3.63) is 131 Å². The Balaban J connectivity index is 1.46. The Morgan fingerprint density at radius 3 is 2.12 bits per heavy atom. The summed E-state index contributed by atoms with van der Waals surface area (Å²) in [5, 5.41) is 8.27. The van der Waals surface area contributed by atoms with E-state index in [9.17, 15) is 14.4 Å². The second-order valence-electron chi connectivity index (χ2n) is 10.2. The van der Waals surface area contributed by atoms with Gasteiger partial charge in [-0.3, -0.25) is 14.4 Å². The van der Waals surface area contributed by atoms with Crippen molar-refractivity contribution in [2.24, 2.45) is 0 Å². The summed E-state index contributed by atoms with van der Waals surface area (Å²) in [6, 6.07) is 31.6. The van der Waals surface area contributed by atoms with Crippen molar-refractivity contribution < 1.29 is 14.4 Å². The molecule has 4 rings (SSSR count). The Labute approximate surface area is 251 Å². The topological polar surface area (TPSA) is 87.3 Å². The minimum absolute atomic E-state index is 0.112. The maximum absolute atomic E-state index is 13.4. The van der Waals surface area contributed by atoms with Gasteiger partial charge in [0.05, 0.1) is 5.25 Å². The molecule has 3 N–H and O–H groups in total. The number of anilines is 2. The molecule has 0 aromatic heterocycles. The van der Waals surface area contributed by atoms with Gasteiger partial charge in [0.25, 0.3) is 11.8 Å². The van der Waals surface area contributed by atoms with Crippen LogP contribution in [0.4, 0.5) is 11.4 Å². The predicted octanol–water partition coefficient (Wildman–Crippen LogP) is 7.65. The second kappa shape index (κ2) is 14.3. The van der Waals surface area contributed by atoms with Crippen LogP contribution in [-0.2, 0) is 9.59 Å². The molecule has 6 nitrogen and oxygen atoms in total. The van der Waals surface area contributed by atoms with E-state index >= 15 is 0 Å². The fourth-order valence-corrected chi connectivity index (χ4v) is 5.07. The SMILES string of the molecule is Cc1ccccc1/C=C(\NC(=O)c1ccccc1)C(=O)Nc1cccc(SC(C)C(=O)Nc2ccc(C(C)C)cc2)c1. The number of hydrogen-bond donors (Lipinski definition) is 3. The van der Waals surface area contributed by atoms with Crippen molar-refractivity contribution in [3.8, 4) is 0 Å². The molecule has 0 aliphatic carbocycles. The van der Waals surface area contributed by atoms with Gasteiger partial charge in [0, 0.05) is 21.8 Å². The van der Waals surface area contributed by atoms with Gasteiger partial charge in [0.1, 0.15) is 5.70 Å². The first-order valence-electron chi connectivity index (χ1n) is 13.8. The van der Waals surface area contributed by atoms with Gasteiger partial charge in [-0.15, -0.1) is 11.8 Å². The fourth-order valence-electron chi connectivity index (χ4n) is 4.15. The highest BCUT2D eigenvalue weighted by Crippen LogP contribution is 2.27. The number of carbonyl (C=O) groups excluding carboxylic acids is 3. The van der Waals surface area contributed by atoms with Gasteiger partial charge in [-0.1, -0.05) is 74.5 Å². The molecule has 4 aromatic carbocycles. The van der Waals surface area contributed by atoms with Crippen molar-refractivity contribution in [2.45, 2.75) is 43.8 Å². The number of aryl methyl sites for hydroxylation is 1. The van der Waals surface area contributed by atoms with Crippen LogP contribution in [0.5, 0.6) is 0 Å². The fraction of sp³-hybridized carbons (Fsp3) is 0.171. The zero-order valence-corrected chi connectivity index (χ0v) is 25.0. The summed E-state index contributed by atoms with van der Waals surface area (Å²) < 4.78 is 0. The Morgan fingerprint density at radius 2 is 1.43 bits per heavy atom. The number of amides is 3. The standard InChI is InChI=1S/C35H35N3O3S/c1-23(2)26-17-19-29(20-18-26)36-33(39)25(4)42-31-16-10-15-30(22-31)37-35(41)32(21-28-14-9-8-11-24(28)3)38-34(40)27-12-6-5-7-13-27/h5-23,25H,1-4H3,(H,36,39)(H,37,41)(H,38,40)/b32-21-. The molecule has 0 saturated heterocycles. The van der Waals surface area contributed by atoms with Crippen LogP contribution in [-0.4, -0.2) is 23.0 Å². The van der Waals surface area contributed by atoms with E-state index in [1.807, 2.05) is 86.6 Å². The molecule has 0 aliphatic heterocycles. The largest absolute Gasteiger partial charge is 0.325 e. The van der Waals surface area contributed by atoms with Crippen LogP contribution in [0.15, 0.2) is 114 Å². The number of hydrogen-bond acceptors (Lipinski definition) is 4. The van der Waals surface area contributed by atoms with Crippen LogP contribution in [0.25, 0.3) is 6.08 Å². The molecule has 1 unspecified atom stereocenters. The maximum Gasteiger partial charge on any atom is 0.272 e. The summed E-state index contributed by atoms with van der Waals surface area (Å²) in [5.74, 6) is -0.529. The molecule has 4 aromatic rings. The Kier molecular flexibility index (Phi) is 10.3. The van der Waals surface area contributed by atoms with E-state index in [-0.39, 0.29) is 22.8 Å². The van der Waals surface area contributed by atoms with Gasteiger partial charge in [-0.25, -0.2) is 0 Å². The highest BCUT2D eigenvalue weighted by molar-refractivity contribution is 8.00. The Morgan fingerprint density at radius 1 is 0.738 bits per heavy atom. The number of rotatable bonds is 10. The quantitative estimate of drug-likeness (QED) is 0.133. The third-order valence-electron chi connectivity index (χ3n) is 6.64. The van der Waals surface area contributed by atoms with Gasteiger partial charge in [-0.2, -0.15) is 0 Å². The summed E-state index contributed by atoms with van der Waals surface area (Å²) >= 11 is 1.39. The lowest BCUT2D eigenvalue weighted by atomic mass is 10.0. The lowest BCUT2D eigenvalue weighted by molar-refractivity contribution is -0.115. The van der Waals surface area contributed by atoms with Crippen LogP contribution in [0.1, 0.15) is 53.7 Å². The van der Waals surface area contributed by atoms with E-state index in [4.69, 9.17) is 0 Å². The van der Waals surface area contributed by atoms with Crippen LogP contribution in [0.3, 0.4) is 0 Å². The summed E-state index contributed by atoms with van der Waals surface area (Å²) in [5.41, 5.74) is 4.87.